The molecule has 1 atom stereocenters. The molecular weight excluding hydrogens is 320 g/mol. The lowest BCUT2D eigenvalue weighted by Gasteiger charge is -2.24. The van der Waals surface area contributed by atoms with Gasteiger partial charge in [0.25, 0.3) is 0 Å². The van der Waals surface area contributed by atoms with Crippen molar-refractivity contribution in [3.05, 3.63) is 29.8 Å². The van der Waals surface area contributed by atoms with Gasteiger partial charge in [-0.2, -0.15) is 0 Å². The number of hydrogen-bond donors (Lipinski definition) is 1. The molecule has 6 heteroatoms. The van der Waals surface area contributed by atoms with Gasteiger partial charge in [0.1, 0.15) is 5.75 Å². The van der Waals surface area contributed by atoms with E-state index < -0.39 is 0 Å². The first kappa shape index (κ1) is 19.2. The van der Waals surface area contributed by atoms with Crippen LogP contribution in [0.3, 0.4) is 0 Å². The van der Waals surface area contributed by atoms with Crippen LogP contribution in [0.4, 0.5) is 0 Å². The number of amides is 1. The molecule has 0 bridgehead atoms. The van der Waals surface area contributed by atoms with Crippen LogP contribution in [0, 0.1) is 0 Å². The Hall–Kier alpha value is -2.08. The SMILES string of the molecule is CCOc1ccc(C2CCCN2CC(=O)NCCCC(=O)OC)cc1. The fraction of sp³-hybridized carbons (Fsp3) is 0.579. The zero-order valence-corrected chi connectivity index (χ0v) is 15.1. The van der Waals surface area contributed by atoms with E-state index in [9.17, 15) is 9.59 Å². The number of ether oxygens (including phenoxy) is 2. The van der Waals surface area contributed by atoms with Gasteiger partial charge in [-0.05, 0) is 50.4 Å². The van der Waals surface area contributed by atoms with Gasteiger partial charge >= 0.3 is 5.97 Å². The minimum atomic E-state index is -0.246. The fourth-order valence-electron chi connectivity index (χ4n) is 3.15. The fourth-order valence-corrected chi connectivity index (χ4v) is 3.15. The predicted molar refractivity (Wildman–Crippen MR) is 95.4 cm³/mol. The maximum atomic E-state index is 12.1. The zero-order valence-electron chi connectivity index (χ0n) is 15.1. The van der Waals surface area contributed by atoms with E-state index >= 15 is 0 Å². The summed E-state index contributed by atoms with van der Waals surface area (Å²) in [6.45, 7) is 4.43. The Balaban J connectivity index is 1.80. The van der Waals surface area contributed by atoms with Gasteiger partial charge in [0, 0.05) is 19.0 Å². The Kier molecular flexibility index (Phi) is 7.73. The highest BCUT2D eigenvalue weighted by Crippen LogP contribution is 2.32. The van der Waals surface area contributed by atoms with E-state index in [4.69, 9.17) is 4.74 Å². The van der Waals surface area contributed by atoms with Crippen molar-refractivity contribution in [3.8, 4) is 5.75 Å². The average molecular weight is 348 g/mol. The molecule has 0 radical (unpaired) electrons. The number of nitrogens with one attached hydrogen (secondary N) is 1. The van der Waals surface area contributed by atoms with Crippen molar-refractivity contribution in [1.29, 1.82) is 0 Å². The van der Waals surface area contributed by atoms with E-state index in [1.165, 1.54) is 12.7 Å². The molecule has 1 amide bonds. The molecule has 25 heavy (non-hydrogen) atoms. The molecule has 1 aliphatic rings. The van der Waals surface area contributed by atoms with Crippen LogP contribution in [0.15, 0.2) is 24.3 Å². The van der Waals surface area contributed by atoms with Crippen LogP contribution < -0.4 is 10.1 Å². The van der Waals surface area contributed by atoms with Gasteiger partial charge in [-0.1, -0.05) is 12.1 Å². The van der Waals surface area contributed by atoms with Crippen LogP contribution >= 0.6 is 0 Å². The molecule has 1 saturated heterocycles. The van der Waals surface area contributed by atoms with E-state index in [-0.39, 0.29) is 17.9 Å². The van der Waals surface area contributed by atoms with Crippen LogP contribution in [0.5, 0.6) is 5.75 Å². The number of carbonyl (C=O) groups excluding carboxylic acids is 2. The first-order chi connectivity index (χ1) is 12.1. The number of esters is 1. The average Bonchev–Trinajstić information content (AvgIpc) is 3.07. The van der Waals surface area contributed by atoms with Crippen molar-refractivity contribution in [1.82, 2.24) is 10.2 Å². The van der Waals surface area contributed by atoms with Crippen LogP contribution in [0.25, 0.3) is 0 Å². The molecule has 0 aliphatic carbocycles. The van der Waals surface area contributed by atoms with Gasteiger partial charge in [-0.3, -0.25) is 14.5 Å². The van der Waals surface area contributed by atoms with Crippen LogP contribution in [0.2, 0.25) is 0 Å². The van der Waals surface area contributed by atoms with E-state index in [2.05, 4.69) is 27.1 Å². The third-order valence-electron chi connectivity index (χ3n) is 4.39. The lowest BCUT2D eigenvalue weighted by molar-refractivity contribution is -0.140. The molecule has 0 aromatic heterocycles. The lowest BCUT2D eigenvalue weighted by Crippen LogP contribution is -2.37. The Morgan fingerprint density at radius 1 is 1.28 bits per heavy atom. The largest absolute Gasteiger partial charge is 0.494 e. The number of methoxy groups -OCH3 is 1. The summed E-state index contributed by atoms with van der Waals surface area (Å²) in [7, 11) is 1.37. The summed E-state index contributed by atoms with van der Waals surface area (Å²) in [4.78, 5) is 25.4. The Morgan fingerprint density at radius 2 is 2.04 bits per heavy atom. The molecule has 0 spiro atoms. The maximum Gasteiger partial charge on any atom is 0.305 e. The van der Waals surface area contributed by atoms with E-state index in [1.54, 1.807) is 0 Å². The molecule has 1 N–H and O–H groups in total. The number of hydrogen-bond acceptors (Lipinski definition) is 5. The topological polar surface area (TPSA) is 67.9 Å². The van der Waals surface area contributed by atoms with Crippen molar-refractivity contribution in [3.63, 3.8) is 0 Å². The molecule has 1 aromatic carbocycles. The molecule has 138 valence electrons. The number of carbonyl (C=O) groups is 2. The smallest absolute Gasteiger partial charge is 0.305 e. The number of rotatable bonds is 9. The summed E-state index contributed by atoms with van der Waals surface area (Å²) >= 11 is 0. The highest BCUT2D eigenvalue weighted by Gasteiger charge is 2.27. The third-order valence-corrected chi connectivity index (χ3v) is 4.39. The van der Waals surface area contributed by atoms with Crippen molar-refractivity contribution in [2.24, 2.45) is 0 Å². The van der Waals surface area contributed by atoms with Crippen LogP contribution in [-0.2, 0) is 14.3 Å². The van der Waals surface area contributed by atoms with Crippen molar-refractivity contribution in [2.75, 3.05) is 33.4 Å². The van der Waals surface area contributed by atoms with Gasteiger partial charge in [-0.15, -0.1) is 0 Å². The van der Waals surface area contributed by atoms with Crippen molar-refractivity contribution in [2.45, 2.75) is 38.6 Å². The number of likely N-dealkylation sites (tertiary alicyclic amines) is 1. The van der Waals surface area contributed by atoms with E-state index in [0.29, 0.717) is 32.5 Å². The molecule has 6 nitrogen and oxygen atoms in total. The third kappa shape index (κ3) is 6.05. The Labute approximate surface area is 149 Å². The van der Waals surface area contributed by atoms with Gasteiger partial charge in [0.15, 0.2) is 0 Å². The van der Waals surface area contributed by atoms with Gasteiger partial charge in [-0.25, -0.2) is 0 Å². The predicted octanol–water partition coefficient (Wildman–Crippen LogP) is 2.29. The summed E-state index contributed by atoms with van der Waals surface area (Å²) in [5.74, 6) is 0.631. The zero-order chi connectivity index (χ0) is 18.1. The standard InChI is InChI=1S/C19H28N2O4/c1-3-25-16-10-8-15(9-11-16)17-6-5-13-21(17)14-18(22)20-12-4-7-19(23)24-2/h8-11,17H,3-7,12-14H2,1-2H3,(H,20,22). The first-order valence-corrected chi connectivity index (χ1v) is 8.94. The second-order valence-electron chi connectivity index (χ2n) is 6.16. The number of nitrogens with zero attached hydrogens (tertiary/aromatic N) is 1. The summed E-state index contributed by atoms with van der Waals surface area (Å²) in [6.07, 6.45) is 3.08. The van der Waals surface area contributed by atoms with E-state index in [1.807, 2.05) is 19.1 Å². The normalized spacial score (nSPS) is 17.3. The summed E-state index contributed by atoms with van der Waals surface area (Å²) in [5, 5.41) is 2.88. The lowest BCUT2D eigenvalue weighted by atomic mass is 10.0. The Morgan fingerprint density at radius 3 is 2.72 bits per heavy atom. The Bertz CT molecular complexity index is 559. The highest BCUT2D eigenvalue weighted by molar-refractivity contribution is 5.78. The molecule has 1 unspecified atom stereocenters. The number of benzene rings is 1. The maximum absolute atomic E-state index is 12.1. The van der Waals surface area contributed by atoms with Crippen molar-refractivity contribution >= 4 is 11.9 Å². The highest BCUT2D eigenvalue weighted by atomic mass is 16.5. The van der Waals surface area contributed by atoms with Gasteiger partial charge < -0.3 is 14.8 Å². The minimum absolute atomic E-state index is 0.00250. The molecular formula is C19H28N2O4. The van der Waals surface area contributed by atoms with Crippen LogP contribution in [-0.4, -0.2) is 50.1 Å². The van der Waals surface area contributed by atoms with Crippen molar-refractivity contribution < 1.29 is 19.1 Å². The summed E-state index contributed by atoms with van der Waals surface area (Å²) in [6, 6.07) is 8.42. The second kappa shape index (κ2) is 10.0. The molecule has 2 rings (SSSR count). The molecule has 1 aliphatic heterocycles. The summed E-state index contributed by atoms with van der Waals surface area (Å²) in [5.41, 5.74) is 1.22. The molecule has 0 saturated carbocycles. The molecule has 1 heterocycles. The second-order valence-corrected chi connectivity index (χ2v) is 6.16. The van der Waals surface area contributed by atoms with E-state index in [0.717, 1.165) is 25.1 Å². The molecule has 1 aromatic rings. The minimum Gasteiger partial charge on any atom is -0.494 e. The molecule has 1 fully saturated rings. The van der Waals surface area contributed by atoms with Crippen LogP contribution in [0.1, 0.15) is 44.2 Å². The monoisotopic (exact) mass is 348 g/mol. The first-order valence-electron chi connectivity index (χ1n) is 8.94. The van der Waals surface area contributed by atoms with Gasteiger partial charge in [0.05, 0.1) is 20.3 Å². The quantitative estimate of drug-likeness (QED) is 0.548. The summed E-state index contributed by atoms with van der Waals surface area (Å²) < 4.78 is 10.1. The van der Waals surface area contributed by atoms with Gasteiger partial charge in [0.2, 0.25) is 5.91 Å².